The van der Waals surface area contributed by atoms with Gasteiger partial charge in [0.25, 0.3) is 0 Å². The first-order chi connectivity index (χ1) is 14.9. The highest BCUT2D eigenvalue weighted by molar-refractivity contribution is 6.28. The molecule has 0 aliphatic heterocycles. The molecule has 0 saturated heterocycles. The third-order valence-corrected chi connectivity index (χ3v) is 6.07. The number of carboxylic acid groups (broad SMARTS) is 1. The molecule has 2 N–H and O–H groups in total. The number of rotatable bonds is 9. The molecule has 1 aliphatic rings. The van der Waals surface area contributed by atoms with E-state index in [2.05, 4.69) is 12.2 Å². The highest BCUT2D eigenvalue weighted by atomic mass is 16.4. The predicted octanol–water partition coefficient (Wildman–Crippen LogP) is 5.40. The molecule has 5 heteroatoms. The number of hydrogen-bond acceptors (Lipinski definition) is 3. The topological polar surface area (TPSA) is 69.6 Å². The molecule has 0 heterocycles. The van der Waals surface area contributed by atoms with E-state index in [1.165, 1.54) is 5.56 Å². The molecule has 1 saturated carbocycles. The van der Waals surface area contributed by atoms with Crippen molar-refractivity contribution >= 4 is 17.4 Å². The molecular weight excluding hydrogens is 388 g/mol. The van der Waals surface area contributed by atoms with Crippen molar-refractivity contribution in [1.82, 2.24) is 10.2 Å². The van der Waals surface area contributed by atoms with Crippen LogP contribution in [0.4, 0.5) is 4.79 Å². The number of carbonyl (C=O) groups excluding carboxylic acids is 1. The molecular formula is C26H32N2O3. The third kappa shape index (κ3) is 5.54. The Kier molecular flexibility index (Phi) is 7.50. The number of hydrogen-bond donors (Lipinski definition) is 2. The van der Waals surface area contributed by atoms with E-state index in [0.717, 1.165) is 31.2 Å². The van der Waals surface area contributed by atoms with E-state index in [1.807, 2.05) is 79.8 Å². The second-order valence-electron chi connectivity index (χ2n) is 8.52. The van der Waals surface area contributed by atoms with Gasteiger partial charge in [0.1, 0.15) is 0 Å². The average Bonchev–Trinajstić information content (AvgIpc) is 2.71. The van der Waals surface area contributed by atoms with Gasteiger partial charge in [-0.05, 0) is 42.2 Å². The van der Waals surface area contributed by atoms with Gasteiger partial charge in [-0.1, -0.05) is 67.9 Å². The highest BCUT2D eigenvalue weighted by Gasteiger charge is 2.38. The number of Topliss-reactive ketones (excluding diaryl/α,β-unsaturated/α-hetero) is 1. The van der Waals surface area contributed by atoms with Crippen molar-refractivity contribution < 1.29 is 14.7 Å². The van der Waals surface area contributed by atoms with Gasteiger partial charge in [-0.25, -0.2) is 4.79 Å². The van der Waals surface area contributed by atoms with Gasteiger partial charge in [0.2, 0.25) is 0 Å². The predicted molar refractivity (Wildman–Crippen MR) is 124 cm³/mol. The number of carbonyl (C=O) groups is 2. The Morgan fingerprint density at radius 2 is 1.74 bits per heavy atom. The smallest absolute Gasteiger partial charge is 0.404 e. The van der Waals surface area contributed by atoms with Crippen LogP contribution in [0.3, 0.4) is 0 Å². The zero-order valence-corrected chi connectivity index (χ0v) is 18.5. The maximum absolute atomic E-state index is 13.3. The molecule has 3 rings (SSSR count). The van der Waals surface area contributed by atoms with Crippen molar-refractivity contribution in [3.63, 3.8) is 0 Å². The van der Waals surface area contributed by atoms with E-state index in [0.29, 0.717) is 23.0 Å². The standard InChI is InChI=1S/C26H32N2O3/c1-4-8-24(27-26(30)31)22-16-15-21(22)19-11-13-20(14-12-19)25(29)23(17-28(2)3)18-9-6-5-7-10-18/h5-7,9-14,17,21-22,24,27H,4,8,15-16H2,1-3H3,(H,30,31)/b23-17+. The van der Waals surface area contributed by atoms with E-state index in [1.54, 1.807) is 0 Å². The Morgan fingerprint density at radius 3 is 2.26 bits per heavy atom. The minimum Gasteiger partial charge on any atom is -0.465 e. The summed E-state index contributed by atoms with van der Waals surface area (Å²) in [5, 5.41) is 11.9. The fraction of sp³-hybridized carbons (Fsp3) is 0.385. The first kappa shape index (κ1) is 22.6. The lowest BCUT2D eigenvalue weighted by molar-refractivity contribution is 0.105. The van der Waals surface area contributed by atoms with Crippen LogP contribution in [-0.2, 0) is 0 Å². The van der Waals surface area contributed by atoms with Crippen LogP contribution in [0.1, 0.15) is 60.0 Å². The molecule has 3 atom stereocenters. The minimum atomic E-state index is -0.953. The van der Waals surface area contributed by atoms with Crippen LogP contribution in [-0.4, -0.2) is 42.0 Å². The molecule has 3 unspecified atom stereocenters. The summed E-state index contributed by atoms with van der Waals surface area (Å²) < 4.78 is 0. The minimum absolute atomic E-state index is 0.00647. The zero-order valence-electron chi connectivity index (χ0n) is 18.5. The lowest BCUT2D eigenvalue weighted by atomic mass is 9.65. The Labute approximate surface area is 184 Å². The number of ketones is 1. The van der Waals surface area contributed by atoms with E-state index in [-0.39, 0.29) is 11.8 Å². The zero-order chi connectivity index (χ0) is 22.4. The fourth-order valence-electron chi connectivity index (χ4n) is 4.46. The van der Waals surface area contributed by atoms with E-state index in [4.69, 9.17) is 0 Å². The number of nitrogens with one attached hydrogen (secondary N) is 1. The van der Waals surface area contributed by atoms with Gasteiger partial charge < -0.3 is 15.3 Å². The van der Waals surface area contributed by atoms with E-state index in [9.17, 15) is 14.7 Å². The van der Waals surface area contributed by atoms with Crippen molar-refractivity contribution in [3.05, 3.63) is 77.5 Å². The van der Waals surface area contributed by atoms with Crippen LogP contribution in [0, 0.1) is 5.92 Å². The van der Waals surface area contributed by atoms with E-state index < -0.39 is 6.09 Å². The Hall–Kier alpha value is -3.08. The average molecular weight is 421 g/mol. The summed E-state index contributed by atoms with van der Waals surface area (Å²) in [6.07, 6.45) is 4.78. The van der Waals surface area contributed by atoms with E-state index >= 15 is 0 Å². The SMILES string of the molecule is CCCC(NC(=O)O)C1CCC1c1ccc(C(=O)/C(=C/N(C)C)c2ccccc2)cc1. The maximum atomic E-state index is 13.3. The summed E-state index contributed by atoms with van der Waals surface area (Å²) in [5.74, 6) is 0.637. The molecule has 0 aromatic heterocycles. The molecule has 1 aliphatic carbocycles. The summed E-state index contributed by atoms with van der Waals surface area (Å²) in [7, 11) is 3.82. The first-order valence-electron chi connectivity index (χ1n) is 11.0. The number of amides is 1. The van der Waals surface area contributed by atoms with Crippen molar-refractivity contribution in [2.45, 2.75) is 44.6 Å². The molecule has 31 heavy (non-hydrogen) atoms. The van der Waals surface area contributed by atoms with Gasteiger partial charge in [0.05, 0.1) is 0 Å². The second kappa shape index (κ2) is 10.3. The lowest BCUT2D eigenvalue weighted by Gasteiger charge is -2.42. The molecule has 5 nitrogen and oxygen atoms in total. The monoisotopic (exact) mass is 420 g/mol. The normalized spacial score (nSPS) is 19.3. The van der Waals surface area contributed by atoms with Gasteiger partial charge >= 0.3 is 6.09 Å². The van der Waals surface area contributed by atoms with Gasteiger partial charge in [0, 0.05) is 37.5 Å². The second-order valence-corrected chi connectivity index (χ2v) is 8.52. The van der Waals surface area contributed by atoms with Crippen molar-refractivity contribution in [2.75, 3.05) is 14.1 Å². The Morgan fingerprint density at radius 1 is 1.06 bits per heavy atom. The van der Waals surface area contributed by atoms with Gasteiger partial charge in [0.15, 0.2) is 5.78 Å². The largest absolute Gasteiger partial charge is 0.465 e. The van der Waals surface area contributed by atoms with Gasteiger partial charge in [-0.3, -0.25) is 4.79 Å². The van der Waals surface area contributed by atoms with Crippen LogP contribution >= 0.6 is 0 Å². The lowest BCUT2D eigenvalue weighted by Crippen LogP contribution is -2.45. The molecule has 2 aromatic rings. The molecule has 1 fully saturated rings. The Balaban J connectivity index is 1.79. The molecule has 2 aromatic carbocycles. The van der Waals surface area contributed by atoms with Crippen LogP contribution in [0.15, 0.2) is 60.8 Å². The molecule has 0 spiro atoms. The van der Waals surface area contributed by atoms with Gasteiger partial charge in [-0.2, -0.15) is 0 Å². The highest BCUT2D eigenvalue weighted by Crippen LogP contribution is 2.45. The summed E-state index contributed by atoms with van der Waals surface area (Å²) >= 11 is 0. The van der Waals surface area contributed by atoms with Crippen molar-refractivity contribution in [2.24, 2.45) is 5.92 Å². The third-order valence-electron chi connectivity index (χ3n) is 6.07. The molecule has 164 valence electrons. The maximum Gasteiger partial charge on any atom is 0.404 e. The summed E-state index contributed by atoms with van der Waals surface area (Å²) in [6.45, 7) is 2.08. The Bertz CT molecular complexity index is 919. The van der Waals surface area contributed by atoms with Crippen LogP contribution in [0.5, 0.6) is 0 Å². The number of allylic oxidation sites excluding steroid dienone is 1. The van der Waals surface area contributed by atoms with Crippen molar-refractivity contribution in [3.8, 4) is 0 Å². The summed E-state index contributed by atoms with van der Waals surface area (Å²) in [4.78, 5) is 26.3. The van der Waals surface area contributed by atoms with Crippen molar-refractivity contribution in [1.29, 1.82) is 0 Å². The molecule has 0 bridgehead atoms. The van der Waals surface area contributed by atoms with Crippen LogP contribution < -0.4 is 5.32 Å². The number of nitrogens with zero attached hydrogens (tertiary/aromatic N) is 1. The van der Waals surface area contributed by atoms with Gasteiger partial charge in [-0.15, -0.1) is 0 Å². The molecule has 0 radical (unpaired) electrons. The first-order valence-corrected chi connectivity index (χ1v) is 11.0. The summed E-state index contributed by atoms with van der Waals surface area (Å²) in [5.41, 5.74) is 3.39. The quantitative estimate of drug-likeness (QED) is 0.421. The molecule has 1 amide bonds. The summed E-state index contributed by atoms with van der Waals surface area (Å²) in [6, 6.07) is 17.6. The van der Waals surface area contributed by atoms with Crippen LogP contribution in [0.2, 0.25) is 0 Å². The number of benzene rings is 2. The fourth-order valence-corrected chi connectivity index (χ4v) is 4.46. The van der Waals surface area contributed by atoms with Crippen LogP contribution in [0.25, 0.3) is 5.57 Å².